The summed E-state index contributed by atoms with van der Waals surface area (Å²) in [5.41, 5.74) is 6.92. The maximum absolute atomic E-state index is 11.9. The molecule has 1 aromatic carbocycles. The molecule has 0 aliphatic carbocycles. The third kappa shape index (κ3) is 5.46. The number of nitrogens with one attached hydrogen (secondary N) is 1. The molecular formula is C14H23N3O3. The Bertz CT molecular complexity index is 438. The van der Waals surface area contributed by atoms with Gasteiger partial charge >= 0.3 is 0 Å². The number of likely N-dealkylation sites (N-methyl/N-ethyl adjacent to an activating group) is 1. The van der Waals surface area contributed by atoms with E-state index in [1.807, 2.05) is 18.9 Å². The summed E-state index contributed by atoms with van der Waals surface area (Å²) in [6.45, 7) is 4.24. The molecule has 112 valence electrons. The molecule has 0 aliphatic heterocycles. The van der Waals surface area contributed by atoms with Crippen LogP contribution < -0.4 is 15.8 Å². The van der Waals surface area contributed by atoms with E-state index in [0.717, 1.165) is 0 Å². The van der Waals surface area contributed by atoms with Gasteiger partial charge in [0.2, 0.25) is 5.91 Å². The molecule has 0 bridgehead atoms. The van der Waals surface area contributed by atoms with Gasteiger partial charge in [0.25, 0.3) is 0 Å². The van der Waals surface area contributed by atoms with Crippen molar-refractivity contribution in [2.75, 3.05) is 51.5 Å². The maximum Gasteiger partial charge on any atom is 0.238 e. The van der Waals surface area contributed by atoms with Crippen molar-refractivity contribution in [1.82, 2.24) is 4.90 Å². The molecule has 1 aromatic rings. The van der Waals surface area contributed by atoms with Crippen molar-refractivity contribution < 1.29 is 14.3 Å². The summed E-state index contributed by atoms with van der Waals surface area (Å²) in [7, 11) is 3.44. The number of nitrogens with zero attached hydrogens (tertiary/aromatic N) is 1. The highest BCUT2D eigenvalue weighted by Crippen LogP contribution is 2.23. The predicted molar refractivity (Wildman–Crippen MR) is 80.0 cm³/mol. The van der Waals surface area contributed by atoms with E-state index in [-0.39, 0.29) is 5.91 Å². The highest BCUT2D eigenvalue weighted by Gasteiger charge is 2.09. The minimum absolute atomic E-state index is 0.110. The van der Waals surface area contributed by atoms with Gasteiger partial charge in [0.15, 0.2) is 0 Å². The first kappa shape index (κ1) is 16.3. The zero-order valence-electron chi connectivity index (χ0n) is 12.3. The normalized spacial score (nSPS) is 10.6. The van der Waals surface area contributed by atoms with Crippen LogP contribution in [0, 0.1) is 0 Å². The molecule has 0 spiro atoms. The summed E-state index contributed by atoms with van der Waals surface area (Å²) >= 11 is 0. The van der Waals surface area contributed by atoms with Gasteiger partial charge in [-0.15, -0.1) is 0 Å². The molecule has 1 rings (SSSR count). The topological polar surface area (TPSA) is 76.8 Å². The number of benzene rings is 1. The molecule has 0 heterocycles. The van der Waals surface area contributed by atoms with E-state index in [2.05, 4.69) is 5.32 Å². The largest absolute Gasteiger partial charge is 0.497 e. The van der Waals surface area contributed by atoms with E-state index in [1.165, 1.54) is 0 Å². The quantitative estimate of drug-likeness (QED) is 0.553. The minimum atomic E-state index is -0.110. The monoisotopic (exact) mass is 281 g/mol. The van der Waals surface area contributed by atoms with E-state index < -0.39 is 0 Å². The molecule has 0 saturated carbocycles. The lowest BCUT2D eigenvalue weighted by Gasteiger charge is -2.16. The number of amides is 1. The highest BCUT2D eigenvalue weighted by molar-refractivity contribution is 5.95. The average Bonchev–Trinajstić information content (AvgIpc) is 2.41. The first-order valence-electron chi connectivity index (χ1n) is 6.56. The number of carbonyl (C=O) groups excluding carboxylic acids is 1. The second-order valence-corrected chi connectivity index (χ2v) is 4.44. The Balaban J connectivity index is 2.45. The van der Waals surface area contributed by atoms with Gasteiger partial charge in [-0.3, -0.25) is 9.69 Å². The van der Waals surface area contributed by atoms with E-state index in [1.54, 1.807) is 25.3 Å². The number of methoxy groups -OCH3 is 1. The smallest absolute Gasteiger partial charge is 0.238 e. The second kappa shape index (κ2) is 8.39. The van der Waals surface area contributed by atoms with Crippen LogP contribution >= 0.6 is 0 Å². The Hall–Kier alpha value is -1.79. The minimum Gasteiger partial charge on any atom is -0.497 e. The van der Waals surface area contributed by atoms with Crippen LogP contribution in [-0.2, 0) is 9.53 Å². The van der Waals surface area contributed by atoms with Crippen LogP contribution in [0.1, 0.15) is 6.92 Å². The molecule has 0 saturated heterocycles. The first-order valence-corrected chi connectivity index (χ1v) is 6.56. The number of hydrogen-bond donors (Lipinski definition) is 2. The summed E-state index contributed by atoms with van der Waals surface area (Å²) in [4.78, 5) is 13.8. The van der Waals surface area contributed by atoms with Gasteiger partial charge in [-0.05, 0) is 26.1 Å². The predicted octanol–water partition coefficient (Wildman–Crippen LogP) is 1.18. The average molecular weight is 281 g/mol. The number of anilines is 2. The fourth-order valence-corrected chi connectivity index (χ4v) is 1.66. The van der Waals surface area contributed by atoms with E-state index >= 15 is 0 Å². The number of hydrogen-bond acceptors (Lipinski definition) is 5. The lowest BCUT2D eigenvalue weighted by Crippen LogP contribution is -2.32. The van der Waals surface area contributed by atoms with E-state index in [9.17, 15) is 4.79 Å². The summed E-state index contributed by atoms with van der Waals surface area (Å²) in [6, 6.07) is 5.16. The molecule has 0 radical (unpaired) electrons. The number of nitrogens with two attached hydrogens (primary N) is 1. The zero-order chi connectivity index (χ0) is 15.0. The lowest BCUT2D eigenvalue weighted by molar-refractivity contribution is -0.117. The Morgan fingerprint density at radius 1 is 1.45 bits per heavy atom. The molecule has 6 heteroatoms. The van der Waals surface area contributed by atoms with Gasteiger partial charge in [0.05, 0.1) is 31.6 Å². The Kier molecular flexibility index (Phi) is 6.83. The van der Waals surface area contributed by atoms with Crippen molar-refractivity contribution in [2.45, 2.75) is 6.92 Å². The Labute approximate surface area is 119 Å². The molecule has 0 unspecified atom stereocenters. The number of ether oxygens (including phenoxy) is 2. The van der Waals surface area contributed by atoms with Crippen LogP contribution in [0.4, 0.5) is 11.4 Å². The van der Waals surface area contributed by atoms with Crippen LogP contribution in [0.3, 0.4) is 0 Å². The Morgan fingerprint density at radius 3 is 2.80 bits per heavy atom. The number of nitrogen functional groups attached to an aromatic ring is 1. The van der Waals surface area contributed by atoms with Gasteiger partial charge in [-0.2, -0.15) is 0 Å². The van der Waals surface area contributed by atoms with Crippen molar-refractivity contribution >= 4 is 17.3 Å². The van der Waals surface area contributed by atoms with Gasteiger partial charge in [0, 0.05) is 19.2 Å². The van der Waals surface area contributed by atoms with Crippen LogP contribution in [0.5, 0.6) is 5.75 Å². The first-order chi connectivity index (χ1) is 9.56. The molecule has 0 aromatic heterocycles. The van der Waals surface area contributed by atoms with Gasteiger partial charge in [-0.1, -0.05) is 0 Å². The SMILES string of the molecule is CCOCCN(C)CC(=O)Nc1ccc(OC)cc1N. The zero-order valence-corrected chi connectivity index (χ0v) is 12.3. The fraction of sp³-hybridized carbons (Fsp3) is 0.500. The van der Waals surface area contributed by atoms with Crippen molar-refractivity contribution in [3.8, 4) is 5.75 Å². The van der Waals surface area contributed by atoms with E-state index in [4.69, 9.17) is 15.2 Å². The molecule has 6 nitrogen and oxygen atoms in total. The van der Waals surface area contributed by atoms with Crippen LogP contribution in [-0.4, -0.2) is 51.3 Å². The molecule has 0 aliphatic rings. The van der Waals surface area contributed by atoms with Crippen molar-refractivity contribution in [1.29, 1.82) is 0 Å². The second-order valence-electron chi connectivity index (χ2n) is 4.44. The third-order valence-electron chi connectivity index (χ3n) is 2.77. The van der Waals surface area contributed by atoms with Gasteiger partial charge in [-0.25, -0.2) is 0 Å². The van der Waals surface area contributed by atoms with E-state index in [0.29, 0.717) is 43.4 Å². The molecule has 3 N–H and O–H groups in total. The molecule has 20 heavy (non-hydrogen) atoms. The molecule has 1 amide bonds. The summed E-state index contributed by atoms with van der Waals surface area (Å²) < 4.78 is 10.3. The van der Waals surface area contributed by atoms with Crippen molar-refractivity contribution in [3.05, 3.63) is 18.2 Å². The van der Waals surface area contributed by atoms with Crippen molar-refractivity contribution in [2.24, 2.45) is 0 Å². The standard InChI is InChI=1S/C14H23N3O3/c1-4-20-8-7-17(2)10-14(18)16-13-6-5-11(19-3)9-12(13)15/h5-6,9H,4,7-8,10,15H2,1-3H3,(H,16,18). The van der Waals surface area contributed by atoms with Crippen LogP contribution in [0.25, 0.3) is 0 Å². The maximum atomic E-state index is 11.9. The number of carbonyl (C=O) groups is 1. The molecule has 0 fully saturated rings. The van der Waals surface area contributed by atoms with Crippen LogP contribution in [0.15, 0.2) is 18.2 Å². The van der Waals surface area contributed by atoms with Gasteiger partial charge in [0.1, 0.15) is 5.75 Å². The van der Waals surface area contributed by atoms with Crippen molar-refractivity contribution in [3.63, 3.8) is 0 Å². The highest BCUT2D eigenvalue weighted by atomic mass is 16.5. The lowest BCUT2D eigenvalue weighted by atomic mass is 10.2. The Morgan fingerprint density at radius 2 is 2.20 bits per heavy atom. The van der Waals surface area contributed by atoms with Crippen LogP contribution in [0.2, 0.25) is 0 Å². The fourth-order valence-electron chi connectivity index (χ4n) is 1.66. The molecule has 0 atom stereocenters. The van der Waals surface area contributed by atoms with Gasteiger partial charge < -0.3 is 20.5 Å². The molecular weight excluding hydrogens is 258 g/mol. The summed E-state index contributed by atoms with van der Waals surface area (Å²) in [6.07, 6.45) is 0. The summed E-state index contributed by atoms with van der Waals surface area (Å²) in [5.74, 6) is 0.551. The number of rotatable bonds is 8. The third-order valence-corrected chi connectivity index (χ3v) is 2.77. The summed E-state index contributed by atoms with van der Waals surface area (Å²) in [5, 5.41) is 2.78.